The Labute approximate surface area is 845 Å². The Hall–Kier alpha value is -11.4. The van der Waals surface area contributed by atoms with Gasteiger partial charge in [0.2, 0.25) is 23.6 Å². The molecule has 1 aliphatic rings. The zero-order valence-corrected chi connectivity index (χ0v) is 87.7. The predicted molar refractivity (Wildman–Crippen MR) is 593 cm³/mol. The number of carbonyl (C=O) groups excluding carboxylic acids is 4. The van der Waals surface area contributed by atoms with Crippen molar-refractivity contribution < 1.29 is 56.4 Å². The van der Waals surface area contributed by atoms with Crippen LogP contribution < -0.4 is 82.7 Å². The topological polar surface area (TPSA) is 222 Å². The van der Waals surface area contributed by atoms with E-state index in [-0.39, 0.29) is 50.3 Å². The maximum atomic E-state index is 16.0. The van der Waals surface area contributed by atoms with E-state index in [0.29, 0.717) is 159 Å². The normalized spacial score (nSPS) is 12.1. The second-order valence-corrected chi connectivity index (χ2v) is 49.7. The van der Waals surface area contributed by atoms with Gasteiger partial charge in [0, 0.05) is 135 Å². The monoisotopic (exact) mass is 1990 g/mol. The molecule has 0 saturated carbocycles. The van der Waals surface area contributed by atoms with Crippen molar-refractivity contribution in [2.45, 2.75) is 245 Å². The first-order chi connectivity index (χ1) is 69.4. The minimum Gasteiger partial charge on any atom is -0.496 e. The molecule has 12 aromatic rings. The summed E-state index contributed by atoms with van der Waals surface area (Å²) in [5, 5.41) is 17.3. The average Bonchev–Trinajstić information content (AvgIpc) is 0.763. The molecule has 1 aliphatic carbocycles. The molecule has 20 heteroatoms. The van der Waals surface area contributed by atoms with Crippen LogP contribution >= 0.6 is 28.6 Å². The lowest BCUT2D eigenvalue weighted by Gasteiger charge is -2.25. The fraction of sp³-hybridized carbons (Fsp3) is 0.377. The van der Waals surface area contributed by atoms with Crippen molar-refractivity contribution in [2.75, 3.05) is 73.3 Å². The van der Waals surface area contributed by atoms with Gasteiger partial charge in [0.05, 0.1) is 52.1 Å². The quantitative estimate of drug-likeness (QED) is 0.0207. The number of carbonyl (C=O) groups is 4. The highest BCUT2D eigenvalue weighted by molar-refractivity contribution is 7.80. The molecular weight excluding hydrogens is 1840 g/mol. The van der Waals surface area contributed by atoms with Crippen LogP contribution in [0.4, 0.5) is 22.7 Å². The van der Waals surface area contributed by atoms with Crippen LogP contribution in [0.5, 0.6) is 23.0 Å². The minimum atomic E-state index is -3.68. The van der Waals surface area contributed by atoms with Crippen LogP contribution in [0, 0.1) is 0 Å². The molecule has 4 amide bonds. The molecule has 0 heterocycles. The molecule has 0 atom stereocenters. The van der Waals surface area contributed by atoms with Crippen LogP contribution in [-0.2, 0) is 63.1 Å². The number of nitrogens with one attached hydrogen (secondary N) is 4. The van der Waals surface area contributed by atoms with Crippen LogP contribution in [0.25, 0.3) is 0 Å². The number of hydrogen-bond donors (Lipinski definition) is 4. The summed E-state index contributed by atoms with van der Waals surface area (Å²) in [6, 6.07) is 88.2. The second-order valence-electron chi connectivity index (χ2n) is 38.4. The molecular formula is C122H148N4O12P4. The van der Waals surface area contributed by atoms with Gasteiger partial charge in [-0.15, -0.1) is 0 Å². The molecule has 748 valence electrons. The largest absolute Gasteiger partial charge is 0.496 e. The third kappa shape index (κ3) is 31.3. The number of fused-ring (bicyclic) bond motifs is 8. The number of amides is 4. The molecule has 0 unspecified atom stereocenters. The number of rotatable bonds is 58. The van der Waals surface area contributed by atoms with Crippen LogP contribution in [0.2, 0.25) is 0 Å². The molecule has 12 aromatic carbocycles. The van der Waals surface area contributed by atoms with Gasteiger partial charge in [-0.1, -0.05) is 449 Å². The summed E-state index contributed by atoms with van der Waals surface area (Å²) in [5.41, 5.74) is 6.21. The minimum absolute atomic E-state index is 0.0398. The smallest absolute Gasteiger partial charge is 0.232 e. The lowest BCUT2D eigenvalue weighted by Crippen LogP contribution is -2.26. The van der Waals surface area contributed by atoms with E-state index < -0.39 is 52.2 Å². The van der Waals surface area contributed by atoms with E-state index in [1.165, 1.54) is 141 Å². The lowest BCUT2D eigenvalue weighted by atomic mass is 9.90. The van der Waals surface area contributed by atoms with Crippen molar-refractivity contribution in [3.63, 3.8) is 0 Å². The van der Waals surface area contributed by atoms with Crippen molar-refractivity contribution >= 4 is 117 Å². The zero-order chi connectivity index (χ0) is 99.5. The van der Waals surface area contributed by atoms with Crippen molar-refractivity contribution in [1.29, 1.82) is 0 Å². The first kappa shape index (κ1) is 108. The van der Waals surface area contributed by atoms with E-state index in [1.54, 1.807) is 111 Å². The number of ether oxygens (including phenoxy) is 4. The van der Waals surface area contributed by atoms with E-state index in [2.05, 4.69) is 35.1 Å². The highest BCUT2D eigenvalue weighted by atomic mass is 31.2. The van der Waals surface area contributed by atoms with Crippen molar-refractivity contribution in [2.24, 2.45) is 0 Å². The molecule has 0 radical (unpaired) electrons. The van der Waals surface area contributed by atoms with Crippen LogP contribution in [0.15, 0.2) is 291 Å². The van der Waals surface area contributed by atoms with Crippen molar-refractivity contribution in [1.82, 2.24) is 0 Å². The van der Waals surface area contributed by atoms with Crippen LogP contribution in [0.1, 0.15) is 264 Å². The van der Waals surface area contributed by atoms with Gasteiger partial charge < -0.3 is 58.5 Å². The van der Waals surface area contributed by atoms with E-state index in [9.17, 15) is 0 Å². The van der Waals surface area contributed by atoms with Crippen LogP contribution in [0.3, 0.4) is 0 Å². The molecule has 16 nitrogen and oxygen atoms in total. The van der Waals surface area contributed by atoms with Gasteiger partial charge in [-0.3, -0.25) is 19.2 Å². The molecule has 0 aromatic heterocycles. The second kappa shape index (κ2) is 56.6. The SMILES string of the molecule is CCCCCCCCCCCCCCCCCCOc1c2cc(NC(=O)CP(=O)(c3ccccc3)c3ccccc3)cc1Cc1cc(NC(=O)CP(=O)(c3ccccc3)c3ccccc3)cc(c1OC)Cc1cc(NC(=O)CP(=O)(c3ccccc3)c3ccccc3)cc(c1OCCCCCCCCCCCCCCCCCC)Cc1cc(NC(=O)CP(=O)(c3ccccc3)c3ccccc3)cc(c1OC)C2. The molecule has 13 rings (SSSR count). The third-order valence-corrected chi connectivity index (χ3v) is 39.4. The first-order valence-corrected chi connectivity index (χ1v) is 59.9. The summed E-state index contributed by atoms with van der Waals surface area (Å²) in [6.45, 7) is 5.14. The Kier molecular flexibility index (Phi) is 43.0. The third-order valence-electron chi connectivity index (χ3n) is 27.4. The zero-order valence-electron chi connectivity index (χ0n) is 84.1. The number of benzene rings is 12. The van der Waals surface area contributed by atoms with E-state index in [4.69, 9.17) is 18.9 Å². The Balaban J connectivity index is 0.960. The van der Waals surface area contributed by atoms with Crippen molar-refractivity contribution in [3.05, 3.63) is 336 Å². The molecule has 0 spiro atoms. The van der Waals surface area contributed by atoms with Gasteiger partial charge in [0.1, 0.15) is 23.0 Å². The molecule has 142 heavy (non-hydrogen) atoms. The summed E-state index contributed by atoms with van der Waals surface area (Å²) >= 11 is 0. The molecule has 4 N–H and O–H groups in total. The molecule has 8 bridgehead atoms. The number of methoxy groups -OCH3 is 2. The maximum absolute atomic E-state index is 16.0. The van der Waals surface area contributed by atoms with Gasteiger partial charge in [0.25, 0.3) is 0 Å². The Morgan fingerprint density at radius 1 is 0.218 bits per heavy atom. The van der Waals surface area contributed by atoms with Gasteiger partial charge in [-0.2, -0.15) is 0 Å². The summed E-state index contributed by atoms with van der Waals surface area (Å²) in [7, 11) is -11.5. The fourth-order valence-electron chi connectivity index (χ4n) is 20.0. The van der Waals surface area contributed by atoms with Crippen molar-refractivity contribution in [3.8, 4) is 23.0 Å². The van der Waals surface area contributed by atoms with Gasteiger partial charge in [-0.25, -0.2) is 0 Å². The summed E-state index contributed by atoms with van der Waals surface area (Å²) in [5.74, 6) is -0.158. The van der Waals surface area contributed by atoms with E-state index >= 15 is 37.4 Å². The fourth-order valence-corrected chi connectivity index (χ4v) is 29.8. The van der Waals surface area contributed by atoms with Gasteiger partial charge >= 0.3 is 0 Å². The van der Waals surface area contributed by atoms with Gasteiger partial charge in [-0.05, 0) is 61.4 Å². The Bertz CT molecular complexity index is 5530. The average molecular weight is 1990 g/mol. The molecule has 0 saturated heterocycles. The molecule has 0 fully saturated rings. The number of anilines is 4. The Morgan fingerprint density at radius 3 is 0.521 bits per heavy atom. The predicted octanol–water partition coefficient (Wildman–Crippen LogP) is 27.5. The Morgan fingerprint density at radius 2 is 0.366 bits per heavy atom. The van der Waals surface area contributed by atoms with Gasteiger partial charge in [0.15, 0.2) is 28.6 Å². The maximum Gasteiger partial charge on any atom is 0.232 e. The highest BCUT2D eigenvalue weighted by Gasteiger charge is 2.37. The summed E-state index contributed by atoms with van der Waals surface area (Å²) in [6.07, 6.45) is 36.8. The summed E-state index contributed by atoms with van der Waals surface area (Å²) < 4.78 is 92.6. The van der Waals surface area contributed by atoms with E-state index in [0.717, 1.165) is 51.4 Å². The summed E-state index contributed by atoms with van der Waals surface area (Å²) in [4.78, 5) is 62.3. The van der Waals surface area contributed by atoms with E-state index in [1.807, 2.05) is 194 Å². The lowest BCUT2D eigenvalue weighted by molar-refractivity contribution is -0.114. The van der Waals surface area contributed by atoms with Crippen LogP contribution in [-0.4, -0.2) is 75.7 Å². The highest BCUT2D eigenvalue weighted by Crippen LogP contribution is 2.50. The number of hydrogen-bond acceptors (Lipinski definition) is 12. The molecule has 0 aliphatic heterocycles. The standard InChI is InChI=1S/C122H148N4O12P4/c1-5-7-9-11-13-15-17-19-21-23-25-27-29-31-33-59-77-137-121-99-79-95-83-103(123-115(127)91-139(131,107-61-43-35-44-62-107)108-63-45-36-46-64-108)85-97(119(95)135-3)81-101-89-106(126-118(130)94-142(134,113-73-55-41-56-74-113)114-75-57-42-58-76-114)90-102(122(101)138-78-60-34-32-30-28-26-24-22-20-18-16-14-12-10-8-6-2)82-98-86-104(124-116(128)92-140(132,109-65-47-37-48-66-109)110-67-49-38-50-68-110)84-96(120(98)136-4)80-100(121)88-105(87-99)125-117(129)93-141(133,111-69-51-39-52-70-111)112-71-53-40-54-72-112/h35-58,61-76,83-90H,5-34,59-60,77-82,91-94H2,1-4H3,(H,123,127)(H,124,128)(H,125,129)(H,126,130). The number of unbranched alkanes of at least 4 members (excludes halogenated alkanes) is 30. The first-order valence-electron chi connectivity index (χ1n) is 52.4.